The number of allylic oxidation sites excluding steroid dienone is 1. The van der Waals surface area contributed by atoms with Crippen molar-refractivity contribution in [2.24, 2.45) is 5.92 Å². The highest BCUT2D eigenvalue weighted by atomic mass is 16.4. The van der Waals surface area contributed by atoms with Crippen LogP contribution in [0, 0.1) is 5.92 Å². The van der Waals surface area contributed by atoms with Crippen LogP contribution in [0.1, 0.15) is 52.4 Å². The molecule has 20 heavy (non-hydrogen) atoms. The molecule has 1 atom stereocenters. The quantitative estimate of drug-likeness (QED) is 0.628. The van der Waals surface area contributed by atoms with Crippen molar-refractivity contribution in [2.45, 2.75) is 58.4 Å². The Balaban J connectivity index is 2.27. The molecule has 0 saturated carbocycles. The van der Waals surface area contributed by atoms with Crippen molar-refractivity contribution in [3.63, 3.8) is 0 Å². The molecule has 0 bridgehead atoms. The highest BCUT2D eigenvalue weighted by Crippen LogP contribution is 2.19. The van der Waals surface area contributed by atoms with Gasteiger partial charge in [0.05, 0.1) is 0 Å². The molecule has 5 heteroatoms. The summed E-state index contributed by atoms with van der Waals surface area (Å²) in [5, 5.41) is 14.3. The van der Waals surface area contributed by atoms with Crippen molar-refractivity contribution in [2.75, 3.05) is 6.54 Å². The van der Waals surface area contributed by atoms with Crippen molar-refractivity contribution in [3.8, 4) is 0 Å². The van der Waals surface area contributed by atoms with Gasteiger partial charge in [-0.15, -0.1) is 0 Å². The Bertz CT molecular complexity index is 364. The molecule has 0 heterocycles. The Morgan fingerprint density at radius 2 is 2.10 bits per heavy atom. The molecule has 0 aromatic heterocycles. The topological polar surface area (TPSA) is 78.4 Å². The van der Waals surface area contributed by atoms with Gasteiger partial charge in [0.25, 0.3) is 0 Å². The molecular weight excluding hydrogens is 256 g/mol. The van der Waals surface area contributed by atoms with Crippen LogP contribution in [-0.4, -0.2) is 29.7 Å². The molecule has 0 fully saturated rings. The van der Waals surface area contributed by atoms with E-state index in [0.29, 0.717) is 13.0 Å². The van der Waals surface area contributed by atoms with E-state index in [1.165, 1.54) is 18.4 Å². The molecule has 1 aliphatic rings. The van der Waals surface area contributed by atoms with E-state index in [9.17, 15) is 9.59 Å². The normalized spacial score (nSPS) is 16.4. The molecule has 1 rings (SSSR count). The van der Waals surface area contributed by atoms with Gasteiger partial charge in [0.2, 0.25) is 0 Å². The molecule has 1 aliphatic carbocycles. The third kappa shape index (κ3) is 6.59. The van der Waals surface area contributed by atoms with Crippen LogP contribution in [0.15, 0.2) is 11.6 Å². The Hall–Kier alpha value is -1.52. The first-order valence-corrected chi connectivity index (χ1v) is 7.44. The monoisotopic (exact) mass is 282 g/mol. The highest BCUT2D eigenvalue weighted by molar-refractivity contribution is 5.82. The van der Waals surface area contributed by atoms with Gasteiger partial charge < -0.3 is 15.7 Å². The van der Waals surface area contributed by atoms with E-state index in [1.807, 2.05) is 13.8 Å². The maximum atomic E-state index is 11.7. The second kappa shape index (κ2) is 8.61. The number of aliphatic carboxylic acids is 1. The molecule has 0 aromatic rings. The first-order valence-electron chi connectivity index (χ1n) is 7.44. The fraction of sp³-hybridized carbons (Fsp3) is 0.733. The Morgan fingerprint density at radius 3 is 2.65 bits per heavy atom. The predicted octanol–water partition coefficient (Wildman–Crippen LogP) is 2.68. The number of carboxylic acid groups (broad SMARTS) is 1. The number of carbonyl (C=O) groups excluding carboxylic acids is 1. The molecule has 0 unspecified atom stereocenters. The predicted molar refractivity (Wildman–Crippen MR) is 78.6 cm³/mol. The van der Waals surface area contributed by atoms with Crippen molar-refractivity contribution in [1.29, 1.82) is 0 Å². The minimum Gasteiger partial charge on any atom is -0.480 e. The first kappa shape index (κ1) is 16.5. The number of hydrogen-bond acceptors (Lipinski definition) is 2. The Morgan fingerprint density at radius 1 is 1.35 bits per heavy atom. The van der Waals surface area contributed by atoms with Gasteiger partial charge in [-0.1, -0.05) is 25.5 Å². The van der Waals surface area contributed by atoms with Crippen molar-refractivity contribution in [1.82, 2.24) is 10.6 Å². The first-order chi connectivity index (χ1) is 9.49. The fourth-order valence-corrected chi connectivity index (χ4v) is 2.37. The average molecular weight is 282 g/mol. The van der Waals surface area contributed by atoms with E-state index < -0.39 is 18.0 Å². The lowest BCUT2D eigenvalue weighted by molar-refractivity contribution is -0.139. The molecule has 2 amide bonds. The lowest BCUT2D eigenvalue weighted by atomic mass is 9.97. The smallest absolute Gasteiger partial charge is 0.326 e. The Kier molecular flexibility index (Phi) is 7.12. The minimum absolute atomic E-state index is 0.226. The van der Waals surface area contributed by atoms with Gasteiger partial charge >= 0.3 is 12.0 Å². The maximum absolute atomic E-state index is 11.7. The zero-order valence-corrected chi connectivity index (χ0v) is 12.4. The van der Waals surface area contributed by atoms with Gasteiger partial charge in [-0.05, 0) is 44.4 Å². The number of nitrogens with one attached hydrogen (secondary N) is 2. The third-order valence-electron chi connectivity index (χ3n) is 3.43. The molecule has 0 saturated heterocycles. The Labute approximate surface area is 120 Å². The summed E-state index contributed by atoms with van der Waals surface area (Å²) < 4.78 is 0. The largest absolute Gasteiger partial charge is 0.480 e. The maximum Gasteiger partial charge on any atom is 0.326 e. The summed E-state index contributed by atoms with van der Waals surface area (Å²) >= 11 is 0. The lowest BCUT2D eigenvalue weighted by Crippen LogP contribution is -2.46. The third-order valence-corrected chi connectivity index (χ3v) is 3.43. The van der Waals surface area contributed by atoms with Gasteiger partial charge in [0.1, 0.15) is 6.04 Å². The van der Waals surface area contributed by atoms with Gasteiger partial charge in [0.15, 0.2) is 0 Å². The van der Waals surface area contributed by atoms with Crippen LogP contribution in [0.25, 0.3) is 0 Å². The standard InChI is InChI=1S/C15H26N2O3/c1-11(2)10-13(14(18)19)17-15(20)16-9-8-12-6-4-3-5-7-12/h6,11,13H,3-5,7-10H2,1-2H3,(H,18,19)(H2,16,17,20)/t13-/m0/s1. The molecule has 0 radical (unpaired) electrons. The summed E-state index contributed by atoms with van der Waals surface area (Å²) in [5.41, 5.74) is 1.40. The molecule has 0 spiro atoms. The summed E-state index contributed by atoms with van der Waals surface area (Å²) in [6.45, 7) is 4.43. The molecule has 114 valence electrons. The fourth-order valence-electron chi connectivity index (χ4n) is 2.37. The number of urea groups is 1. The van der Waals surface area contributed by atoms with Gasteiger partial charge in [0, 0.05) is 6.54 Å². The number of carbonyl (C=O) groups is 2. The van der Waals surface area contributed by atoms with Crippen molar-refractivity contribution >= 4 is 12.0 Å². The van der Waals surface area contributed by atoms with E-state index in [2.05, 4.69) is 16.7 Å². The van der Waals surface area contributed by atoms with Crippen molar-refractivity contribution < 1.29 is 14.7 Å². The number of amides is 2. The van der Waals surface area contributed by atoms with Gasteiger partial charge in [-0.3, -0.25) is 0 Å². The number of carboxylic acids is 1. The van der Waals surface area contributed by atoms with E-state index >= 15 is 0 Å². The van der Waals surface area contributed by atoms with Crippen LogP contribution in [0.5, 0.6) is 0 Å². The van der Waals surface area contributed by atoms with E-state index in [1.54, 1.807) is 0 Å². The highest BCUT2D eigenvalue weighted by Gasteiger charge is 2.20. The molecule has 3 N–H and O–H groups in total. The summed E-state index contributed by atoms with van der Waals surface area (Å²) in [5.74, 6) is -0.757. The van der Waals surface area contributed by atoms with Crippen LogP contribution in [0.4, 0.5) is 4.79 Å². The van der Waals surface area contributed by atoms with Crippen molar-refractivity contribution in [3.05, 3.63) is 11.6 Å². The second-order valence-electron chi connectivity index (χ2n) is 5.78. The SMILES string of the molecule is CC(C)C[C@H](NC(=O)NCCC1=CCCCC1)C(=O)O. The lowest BCUT2D eigenvalue weighted by Gasteiger charge is -2.17. The zero-order valence-electron chi connectivity index (χ0n) is 12.4. The van der Waals surface area contributed by atoms with E-state index in [4.69, 9.17) is 5.11 Å². The van der Waals surface area contributed by atoms with Crippen LogP contribution in [-0.2, 0) is 4.79 Å². The van der Waals surface area contributed by atoms with Gasteiger partial charge in [-0.25, -0.2) is 9.59 Å². The summed E-state index contributed by atoms with van der Waals surface area (Å²) in [6.07, 6.45) is 8.29. The summed E-state index contributed by atoms with van der Waals surface area (Å²) in [4.78, 5) is 22.7. The van der Waals surface area contributed by atoms with E-state index in [-0.39, 0.29) is 5.92 Å². The van der Waals surface area contributed by atoms with Crippen LogP contribution in [0.2, 0.25) is 0 Å². The molecule has 0 aliphatic heterocycles. The molecule has 0 aromatic carbocycles. The second-order valence-corrected chi connectivity index (χ2v) is 5.78. The van der Waals surface area contributed by atoms with Crippen LogP contribution < -0.4 is 10.6 Å². The number of hydrogen-bond donors (Lipinski definition) is 3. The van der Waals surface area contributed by atoms with Crippen LogP contribution >= 0.6 is 0 Å². The van der Waals surface area contributed by atoms with E-state index in [0.717, 1.165) is 19.3 Å². The molecular formula is C15H26N2O3. The van der Waals surface area contributed by atoms with Crippen LogP contribution in [0.3, 0.4) is 0 Å². The summed E-state index contributed by atoms with van der Waals surface area (Å²) in [7, 11) is 0. The average Bonchev–Trinajstić information content (AvgIpc) is 2.38. The number of rotatable bonds is 7. The van der Waals surface area contributed by atoms with Gasteiger partial charge in [-0.2, -0.15) is 0 Å². The minimum atomic E-state index is -0.983. The summed E-state index contributed by atoms with van der Waals surface area (Å²) in [6, 6.07) is -1.21. The zero-order chi connectivity index (χ0) is 15.0. The molecule has 5 nitrogen and oxygen atoms in total.